The average molecular weight is 231 g/mol. The van der Waals surface area contributed by atoms with Gasteiger partial charge in [0.15, 0.2) is 5.82 Å². The van der Waals surface area contributed by atoms with Crippen molar-refractivity contribution in [1.82, 2.24) is 9.97 Å². The monoisotopic (exact) mass is 230 g/mol. The zero-order chi connectivity index (χ0) is 11.3. The number of nitrogens with one attached hydrogen (secondary N) is 2. The minimum atomic E-state index is -0.349. The van der Waals surface area contributed by atoms with Gasteiger partial charge in [-0.15, -0.1) is 0 Å². The molecule has 0 spiro atoms. The lowest BCUT2D eigenvalue weighted by molar-refractivity contribution is 0.626. The summed E-state index contributed by atoms with van der Waals surface area (Å²) in [5.41, 5.74) is 5.45. The van der Waals surface area contributed by atoms with Gasteiger partial charge < -0.3 is 16.0 Å². The minimum Gasteiger partial charge on any atom is -0.367 e. The van der Waals surface area contributed by atoms with Crippen molar-refractivity contribution in [2.24, 2.45) is 5.73 Å². The van der Waals surface area contributed by atoms with Gasteiger partial charge in [-0.3, -0.25) is 4.79 Å². The van der Waals surface area contributed by atoms with E-state index in [1.165, 1.54) is 6.33 Å². The van der Waals surface area contributed by atoms with Gasteiger partial charge >= 0.3 is 0 Å². The smallest absolute Gasteiger partial charge is 0.271 e. The van der Waals surface area contributed by atoms with Gasteiger partial charge in [-0.1, -0.05) is 24.9 Å². The second-order valence-corrected chi connectivity index (χ2v) is 3.70. The van der Waals surface area contributed by atoms with E-state index in [0.717, 1.165) is 12.8 Å². The van der Waals surface area contributed by atoms with E-state index >= 15 is 0 Å². The van der Waals surface area contributed by atoms with Crippen LogP contribution in [0.15, 0.2) is 11.1 Å². The first kappa shape index (κ1) is 12.0. The molecular weight excluding hydrogens is 216 g/mol. The van der Waals surface area contributed by atoms with Crippen LogP contribution in [0.1, 0.15) is 19.8 Å². The molecule has 0 fully saturated rings. The van der Waals surface area contributed by atoms with E-state index in [1.807, 2.05) is 0 Å². The summed E-state index contributed by atoms with van der Waals surface area (Å²) in [7, 11) is 0. The maximum atomic E-state index is 11.1. The molecule has 0 radical (unpaired) electrons. The molecule has 0 saturated heterocycles. The number of anilines is 1. The highest BCUT2D eigenvalue weighted by molar-refractivity contribution is 6.32. The fraction of sp³-hybridized carbons (Fsp3) is 0.556. The fourth-order valence-corrected chi connectivity index (χ4v) is 1.38. The lowest BCUT2D eigenvalue weighted by Crippen LogP contribution is -2.29. The molecule has 84 valence electrons. The molecular formula is C9H15ClN4O. The highest BCUT2D eigenvalue weighted by Gasteiger charge is 2.06. The molecule has 0 aromatic carbocycles. The first-order chi connectivity index (χ1) is 7.15. The van der Waals surface area contributed by atoms with E-state index in [0.29, 0.717) is 12.4 Å². The highest BCUT2D eigenvalue weighted by Crippen LogP contribution is 2.11. The standard InChI is InChI=1S/C9H15ClN4O/c1-2-3-6(11)4-12-8-7(10)9(15)14-5-13-8/h5-6H,2-4,11H2,1H3,(H2,12,13,14,15). The molecule has 0 aliphatic heterocycles. The molecule has 4 N–H and O–H groups in total. The quantitative estimate of drug-likeness (QED) is 0.704. The second-order valence-electron chi connectivity index (χ2n) is 3.32. The van der Waals surface area contributed by atoms with E-state index in [9.17, 15) is 4.79 Å². The van der Waals surface area contributed by atoms with E-state index in [2.05, 4.69) is 22.2 Å². The van der Waals surface area contributed by atoms with Crippen molar-refractivity contribution in [2.45, 2.75) is 25.8 Å². The van der Waals surface area contributed by atoms with Crippen LogP contribution in [0.4, 0.5) is 5.82 Å². The van der Waals surface area contributed by atoms with Gasteiger partial charge in [0, 0.05) is 12.6 Å². The lowest BCUT2D eigenvalue weighted by Gasteiger charge is -2.12. The molecule has 15 heavy (non-hydrogen) atoms. The Kier molecular flexibility index (Phi) is 4.58. The third kappa shape index (κ3) is 3.53. The van der Waals surface area contributed by atoms with Gasteiger partial charge in [0.05, 0.1) is 6.33 Å². The van der Waals surface area contributed by atoms with Gasteiger partial charge in [-0.2, -0.15) is 0 Å². The predicted octanol–water partition coefficient (Wildman–Crippen LogP) is 0.963. The van der Waals surface area contributed by atoms with E-state index in [1.54, 1.807) is 0 Å². The molecule has 5 nitrogen and oxygen atoms in total. The van der Waals surface area contributed by atoms with Crippen LogP contribution in [0.2, 0.25) is 5.02 Å². The number of halogens is 1. The van der Waals surface area contributed by atoms with Crippen molar-refractivity contribution in [3.63, 3.8) is 0 Å². The van der Waals surface area contributed by atoms with Gasteiger partial charge in [0.1, 0.15) is 5.02 Å². The molecule has 1 rings (SSSR count). The van der Waals surface area contributed by atoms with Gasteiger partial charge in [0.2, 0.25) is 0 Å². The van der Waals surface area contributed by atoms with Crippen LogP contribution in [0.5, 0.6) is 0 Å². The van der Waals surface area contributed by atoms with Crippen molar-refractivity contribution in [2.75, 3.05) is 11.9 Å². The third-order valence-electron chi connectivity index (χ3n) is 1.99. The van der Waals surface area contributed by atoms with Crippen LogP contribution in [0.25, 0.3) is 0 Å². The van der Waals surface area contributed by atoms with E-state index in [4.69, 9.17) is 17.3 Å². The van der Waals surface area contributed by atoms with Gasteiger partial charge in [-0.25, -0.2) is 4.98 Å². The van der Waals surface area contributed by atoms with Crippen molar-refractivity contribution >= 4 is 17.4 Å². The third-order valence-corrected chi connectivity index (χ3v) is 2.34. The van der Waals surface area contributed by atoms with Crippen molar-refractivity contribution in [3.8, 4) is 0 Å². The Balaban J connectivity index is 2.58. The number of aromatic amines is 1. The second kappa shape index (κ2) is 5.72. The summed E-state index contributed by atoms with van der Waals surface area (Å²) >= 11 is 5.74. The molecule has 1 heterocycles. The molecule has 0 saturated carbocycles. The largest absolute Gasteiger partial charge is 0.367 e. The van der Waals surface area contributed by atoms with Crippen LogP contribution in [-0.4, -0.2) is 22.6 Å². The molecule has 1 aromatic rings. The van der Waals surface area contributed by atoms with Crippen LogP contribution >= 0.6 is 11.6 Å². The normalized spacial score (nSPS) is 12.5. The predicted molar refractivity (Wildman–Crippen MR) is 61.2 cm³/mol. The van der Waals surface area contributed by atoms with Crippen molar-refractivity contribution < 1.29 is 0 Å². The molecule has 0 amide bonds. The summed E-state index contributed by atoms with van der Waals surface area (Å²) in [4.78, 5) is 17.4. The zero-order valence-corrected chi connectivity index (χ0v) is 9.34. The molecule has 1 unspecified atom stereocenters. The number of nitrogens with two attached hydrogens (primary N) is 1. The van der Waals surface area contributed by atoms with Crippen molar-refractivity contribution in [1.29, 1.82) is 0 Å². The molecule has 6 heteroatoms. The molecule has 0 aliphatic rings. The number of hydrogen-bond donors (Lipinski definition) is 3. The number of nitrogens with zero attached hydrogens (tertiary/aromatic N) is 1. The first-order valence-corrected chi connectivity index (χ1v) is 5.25. The number of aromatic nitrogens is 2. The van der Waals surface area contributed by atoms with Gasteiger partial charge in [-0.05, 0) is 6.42 Å². The molecule has 1 aromatic heterocycles. The SMILES string of the molecule is CCCC(N)CNc1nc[nH]c(=O)c1Cl. The highest BCUT2D eigenvalue weighted by atomic mass is 35.5. The molecule has 0 aliphatic carbocycles. The summed E-state index contributed by atoms with van der Waals surface area (Å²) in [5, 5.41) is 3.02. The number of rotatable bonds is 5. The summed E-state index contributed by atoms with van der Waals surface area (Å²) < 4.78 is 0. The molecule has 0 bridgehead atoms. The first-order valence-electron chi connectivity index (χ1n) is 4.87. The van der Waals surface area contributed by atoms with Crippen LogP contribution in [-0.2, 0) is 0 Å². The van der Waals surface area contributed by atoms with Gasteiger partial charge in [0.25, 0.3) is 5.56 Å². The minimum absolute atomic E-state index is 0.0483. The number of hydrogen-bond acceptors (Lipinski definition) is 4. The number of H-pyrrole nitrogens is 1. The maximum Gasteiger partial charge on any atom is 0.271 e. The Morgan fingerprint density at radius 2 is 2.47 bits per heavy atom. The fourth-order valence-electron chi connectivity index (χ4n) is 1.21. The van der Waals surface area contributed by atoms with Crippen LogP contribution < -0.4 is 16.6 Å². The average Bonchev–Trinajstić information content (AvgIpc) is 2.21. The van der Waals surface area contributed by atoms with E-state index < -0.39 is 0 Å². The summed E-state index contributed by atoms with van der Waals surface area (Å²) in [6.45, 7) is 2.63. The van der Waals surface area contributed by atoms with Crippen LogP contribution in [0, 0.1) is 0 Å². The lowest BCUT2D eigenvalue weighted by atomic mass is 10.2. The zero-order valence-electron chi connectivity index (χ0n) is 8.59. The summed E-state index contributed by atoms with van der Waals surface area (Å²) in [5.74, 6) is 0.381. The van der Waals surface area contributed by atoms with Crippen molar-refractivity contribution in [3.05, 3.63) is 21.7 Å². The van der Waals surface area contributed by atoms with Crippen LogP contribution in [0.3, 0.4) is 0 Å². The molecule has 1 atom stereocenters. The topological polar surface area (TPSA) is 83.8 Å². The Morgan fingerprint density at radius 1 is 1.73 bits per heavy atom. The van der Waals surface area contributed by atoms with E-state index in [-0.39, 0.29) is 16.6 Å². The Labute approximate surface area is 93.0 Å². The Hall–Kier alpha value is -1.07. The maximum absolute atomic E-state index is 11.1. The summed E-state index contributed by atoms with van der Waals surface area (Å²) in [6, 6.07) is 0.0483. The Morgan fingerprint density at radius 3 is 3.13 bits per heavy atom. The summed E-state index contributed by atoms with van der Waals surface area (Å²) in [6.07, 6.45) is 3.26. The Bertz CT molecular complexity index is 365.